The first-order valence-electron chi connectivity index (χ1n) is 4.03. The number of fused-ring (bicyclic) bond motifs is 1. The van der Waals surface area contributed by atoms with Gasteiger partial charge in [-0.05, 0) is 30.2 Å². The van der Waals surface area contributed by atoms with Crippen LogP contribution in [-0.2, 0) is 6.42 Å². The number of hydrogen-bond acceptors (Lipinski definition) is 2. The fourth-order valence-corrected chi connectivity index (χ4v) is 1.91. The second-order valence-electron chi connectivity index (χ2n) is 3.15. The van der Waals surface area contributed by atoms with Gasteiger partial charge in [0.1, 0.15) is 0 Å². The number of anilines is 1. The van der Waals surface area contributed by atoms with E-state index in [1.165, 1.54) is 11.3 Å². The predicted molar refractivity (Wildman–Crippen MR) is 54.3 cm³/mol. The molecule has 0 aliphatic carbocycles. The molecule has 0 saturated carbocycles. The van der Waals surface area contributed by atoms with Crippen LogP contribution in [0.5, 0.6) is 0 Å². The van der Waals surface area contributed by atoms with Crippen LogP contribution >= 0.6 is 15.9 Å². The maximum absolute atomic E-state index is 5.82. The average Bonchev–Trinajstić information content (AvgIpc) is 2.03. The Morgan fingerprint density at radius 2 is 2.33 bits per heavy atom. The Morgan fingerprint density at radius 3 is 3.17 bits per heavy atom. The van der Waals surface area contributed by atoms with Crippen molar-refractivity contribution >= 4 is 21.6 Å². The van der Waals surface area contributed by atoms with Crippen LogP contribution in [0.1, 0.15) is 5.56 Å². The molecule has 0 amide bonds. The second-order valence-corrected chi connectivity index (χ2v) is 4.06. The molecule has 3 N–H and O–H groups in total. The lowest BCUT2D eigenvalue weighted by atomic mass is 10.0. The number of rotatable bonds is 0. The first-order chi connectivity index (χ1) is 5.75. The van der Waals surface area contributed by atoms with E-state index in [4.69, 9.17) is 5.73 Å². The number of hydrogen-bond donors (Lipinski definition) is 2. The summed E-state index contributed by atoms with van der Waals surface area (Å²) in [6.45, 7) is 0.884. The van der Waals surface area contributed by atoms with Crippen molar-refractivity contribution in [2.45, 2.75) is 12.5 Å². The normalized spacial score (nSPS) is 21.3. The highest BCUT2D eigenvalue weighted by Crippen LogP contribution is 2.24. The van der Waals surface area contributed by atoms with Crippen molar-refractivity contribution < 1.29 is 0 Å². The summed E-state index contributed by atoms with van der Waals surface area (Å²) in [6.07, 6.45) is 0.974. The molecule has 0 saturated heterocycles. The van der Waals surface area contributed by atoms with Gasteiger partial charge in [0.15, 0.2) is 0 Å². The van der Waals surface area contributed by atoms with Crippen LogP contribution in [0, 0.1) is 0 Å². The highest BCUT2D eigenvalue weighted by atomic mass is 79.9. The van der Waals surface area contributed by atoms with Crippen LogP contribution in [0.2, 0.25) is 0 Å². The fraction of sp³-hybridized carbons (Fsp3) is 0.333. The van der Waals surface area contributed by atoms with Gasteiger partial charge in [0, 0.05) is 22.7 Å². The van der Waals surface area contributed by atoms with Gasteiger partial charge >= 0.3 is 0 Å². The number of nitrogens with two attached hydrogens (primary N) is 1. The third-order valence-electron chi connectivity index (χ3n) is 2.10. The Hall–Kier alpha value is -0.540. The van der Waals surface area contributed by atoms with Gasteiger partial charge in [-0.15, -0.1) is 0 Å². The molecule has 0 radical (unpaired) electrons. The fourth-order valence-electron chi connectivity index (χ4n) is 1.50. The van der Waals surface area contributed by atoms with Crippen molar-refractivity contribution in [3.8, 4) is 0 Å². The van der Waals surface area contributed by atoms with Crippen LogP contribution in [0.4, 0.5) is 5.69 Å². The average molecular weight is 227 g/mol. The molecule has 1 atom stereocenters. The summed E-state index contributed by atoms with van der Waals surface area (Å²) in [5.41, 5.74) is 8.35. The van der Waals surface area contributed by atoms with Crippen molar-refractivity contribution in [1.29, 1.82) is 0 Å². The maximum Gasteiger partial charge on any atom is 0.0374 e. The third kappa shape index (κ3) is 1.47. The predicted octanol–water partition coefficient (Wildman–Crippen LogP) is 1.74. The third-order valence-corrected chi connectivity index (χ3v) is 2.60. The summed E-state index contributed by atoms with van der Waals surface area (Å²) >= 11 is 3.44. The van der Waals surface area contributed by atoms with Gasteiger partial charge in [-0.25, -0.2) is 0 Å². The van der Waals surface area contributed by atoms with E-state index < -0.39 is 0 Å². The van der Waals surface area contributed by atoms with E-state index >= 15 is 0 Å². The Kier molecular flexibility index (Phi) is 2.07. The molecule has 1 heterocycles. The van der Waals surface area contributed by atoms with Crippen molar-refractivity contribution in [1.82, 2.24) is 0 Å². The largest absolute Gasteiger partial charge is 0.383 e. The second kappa shape index (κ2) is 3.07. The zero-order valence-electron chi connectivity index (χ0n) is 6.68. The first kappa shape index (κ1) is 8.08. The van der Waals surface area contributed by atoms with Gasteiger partial charge in [0.2, 0.25) is 0 Å². The molecule has 2 nitrogen and oxygen atoms in total. The molecule has 0 unspecified atom stereocenters. The molecule has 3 heteroatoms. The van der Waals surface area contributed by atoms with Crippen LogP contribution in [0.3, 0.4) is 0 Å². The lowest BCUT2D eigenvalue weighted by Crippen LogP contribution is -2.35. The summed E-state index contributed by atoms with van der Waals surface area (Å²) in [6, 6.07) is 6.52. The minimum atomic E-state index is 0.256. The molecule has 1 aliphatic heterocycles. The van der Waals surface area contributed by atoms with Crippen LogP contribution < -0.4 is 11.1 Å². The van der Waals surface area contributed by atoms with Crippen molar-refractivity contribution in [3.05, 3.63) is 28.2 Å². The lowest BCUT2D eigenvalue weighted by Gasteiger charge is -2.23. The van der Waals surface area contributed by atoms with E-state index in [1.807, 2.05) is 6.07 Å². The monoisotopic (exact) mass is 226 g/mol. The molecule has 2 rings (SSSR count). The van der Waals surface area contributed by atoms with Gasteiger partial charge in [0.05, 0.1) is 0 Å². The number of halogens is 1. The van der Waals surface area contributed by atoms with Crippen molar-refractivity contribution in [3.63, 3.8) is 0 Å². The standard InChI is InChI=1S/C9H11BrN2/c10-7-1-2-9-6(3-7)4-8(11)5-12-9/h1-3,8,12H,4-5,11H2/t8-/m0/s1. The van der Waals surface area contributed by atoms with Crippen LogP contribution in [-0.4, -0.2) is 12.6 Å². The summed E-state index contributed by atoms with van der Waals surface area (Å²) in [7, 11) is 0. The summed E-state index contributed by atoms with van der Waals surface area (Å²) in [5.74, 6) is 0. The molecule has 0 aromatic heterocycles. The lowest BCUT2D eigenvalue weighted by molar-refractivity contribution is 0.679. The van der Waals surface area contributed by atoms with E-state index in [0.29, 0.717) is 0 Å². The zero-order valence-corrected chi connectivity index (χ0v) is 8.26. The van der Waals surface area contributed by atoms with Gasteiger partial charge in [-0.2, -0.15) is 0 Å². The van der Waals surface area contributed by atoms with Crippen LogP contribution in [0.25, 0.3) is 0 Å². The van der Waals surface area contributed by atoms with Gasteiger partial charge in [-0.3, -0.25) is 0 Å². The highest BCUT2D eigenvalue weighted by molar-refractivity contribution is 9.10. The molecule has 1 aliphatic rings. The molecule has 0 spiro atoms. The minimum Gasteiger partial charge on any atom is -0.383 e. The Labute approximate surface area is 80.3 Å². The quantitative estimate of drug-likeness (QED) is 0.708. The van der Waals surface area contributed by atoms with Gasteiger partial charge < -0.3 is 11.1 Å². The Balaban J connectivity index is 2.37. The topological polar surface area (TPSA) is 38.0 Å². The van der Waals surface area contributed by atoms with Gasteiger partial charge in [0.25, 0.3) is 0 Å². The SMILES string of the molecule is N[C@@H]1CNc2ccc(Br)cc2C1. The van der Waals surface area contributed by atoms with Crippen molar-refractivity contribution in [2.24, 2.45) is 5.73 Å². The van der Waals surface area contributed by atoms with E-state index in [2.05, 4.69) is 33.4 Å². The van der Waals surface area contributed by atoms with E-state index in [9.17, 15) is 0 Å². The smallest absolute Gasteiger partial charge is 0.0374 e. The van der Waals surface area contributed by atoms with E-state index in [-0.39, 0.29) is 6.04 Å². The molecule has 1 aromatic rings. The zero-order chi connectivity index (χ0) is 8.55. The minimum absolute atomic E-state index is 0.256. The summed E-state index contributed by atoms with van der Waals surface area (Å²) in [5, 5.41) is 3.29. The highest BCUT2D eigenvalue weighted by Gasteiger charge is 2.13. The van der Waals surface area contributed by atoms with Crippen molar-refractivity contribution in [2.75, 3.05) is 11.9 Å². The molecule has 64 valence electrons. The maximum atomic E-state index is 5.82. The molecular weight excluding hydrogens is 216 g/mol. The Bertz CT molecular complexity index is 299. The van der Waals surface area contributed by atoms with Gasteiger partial charge in [-0.1, -0.05) is 15.9 Å². The summed E-state index contributed by atoms with van der Waals surface area (Å²) < 4.78 is 1.12. The van der Waals surface area contributed by atoms with E-state index in [1.54, 1.807) is 0 Å². The molecule has 12 heavy (non-hydrogen) atoms. The Morgan fingerprint density at radius 1 is 1.50 bits per heavy atom. The molecule has 1 aromatic carbocycles. The number of benzene rings is 1. The van der Waals surface area contributed by atoms with Crippen LogP contribution in [0.15, 0.2) is 22.7 Å². The first-order valence-corrected chi connectivity index (χ1v) is 4.83. The summed E-state index contributed by atoms with van der Waals surface area (Å²) in [4.78, 5) is 0. The molecule has 0 fully saturated rings. The molecular formula is C9H11BrN2. The molecule has 0 bridgehead atoms. The number of nitrogens with one attached hydrogen (secondary N) is 1. The van der Waals surface area contributed by atoms with E-state index in [0.717, 1.165) is 17.4 Å².